The molecule has 0 heterocycles. The zero-order chi connectivity index (χ0) is 36.5. The normalized spacial score (nSPS) is 13.5. The quantitative estimate of drug-likeness (QED) is 0.0791. The average Bonchev–Trinajstić information content (AvgIpc) is 3.07. The van der Waals surface area contributed by atoms with Crippen LogP contribution in [0.25, 0.3) is 0 Å². The van der Waals surface area contributed by atoms with Crippen LogP contribution in [0.15, 0.2) is 72.8 Å². The molecule has 0 spiro atoms. The summed E-state index contributed by atoms with van der Waals surface area (Å²) in [6.45, 7) is 3.83. The first-order valence-corrected chi connectivity index (χ1v) is 16.8. The molecule has 8 nitrogen and oxygen atoms in total. The van der Waals surface area contributed by atoms with Crippen LogP contribution in [0.1, 0.15) is 61.8 Å². The second-order valence-electron chi connectivity index (χ2n) is 12.1. The fourth-order valence-electron chi connectivity index (χ4n) is 5.35. The number of carbonyl (C=O) groups excluding carboxylic acids is 2. The van der Waals surface area contributed by atoms with Crippen molar-refractivity contribution in [3.8, 4) is 0 Å². The summed E-state index contributed by atoms with van der Waals surface area (Å²) in [5, 5.41) is 19.4. The van der Waals surface area contributed by atoms with E-state index >= 15 is 0 Å². The number of aliphatic hydroxyl groups is 1. The molecular formula is C37H46F5N3O5. The van der Waals surface area contributed by atoms with Gasteiger partial charge in [-0.1, -0.05) is 75.2 Å². The summed E-state index contributed by atoms with van der Waals surface area (Å²) in [5.41, 5.74) is 0.549. The van der Waals surface area contributed by atoms with Crippen molar-refractivity contribution in [1.82, 2.24) is 16.0 Å². The van der Waals surface area contributed by atoms with Gasteiger partial charge in [0.1, 0.15) is 24.3 Å². The summed E-state index contributed by atoms with van der Waals surface area (Å²) < 4.78 is 78.8. The predicted molar refractivity (Wildman–Crippen MR) is 179 cm³/mol. The van der Waals surface area contributed by atoms with E-state index in [0.29, 0.717) is 11.6 Å². The highest BCUT2D eigenvalue weighted by molar-refractivity contribution is 5.86. The lowest BCUT2D eigenvalue weighted by Gasteiger charge is -2.28. The number of halogens is 5. The number of alkyl halides is 3. The van der Waals surface area contributed by atoms with Gasteiger partial charge in [0.05, 0.1) is 30.4 Å². The standard InChI is InChI=1S/C37H46F5N3O5/c1-3-9-31(10-4-2)49-24-33(45-36(48)50-23-26-11-6-5-7-12-26)35(47)44-32(20-27-18-29(38)21-30(39)19-27)34(46)22-43-16-15-25-13-8-14-28(17-25)37(40,41)42/h5-8,11-14,17-19,21,31-34,43,46H,3-4,9-10,15-16,20,22-24H2,1-2H3,(H,44,47)(H,45,48)/t32-,33?,34+/m0/s1. The third-order valence-electron chi connectivity index (χ3n) is 7.91. The van der Waals surface area contributed by atoms with Crippen LogP contribution in [-0.4, -0.2) is 61.1 Å². The molecule has 0 aliphatic rings. The monoisotopic (exact) mass is 707 g/mol. The van der Waals surface area contributed by atoms with E-state index in [1.54, 1.807) is 30.3 Å². The number of benzene rings is 3. The van der Waals surface area contributed by atoms with Crippen LogP contribution >= 0.6 is 0 Å². The van der Waals surface area contributed by atoms with Crippen molar-refractivity contribution in [3.05, 3.63) is 107 Å². The number of amides is 2. The Kier molecular flexibility index (Phi) is 16.6. The Hall–Kier alpha value is -4.07. The van der Waals surface area contributed by atoms with Crippen LogP contribution in [0.5, 0.6) is 0 Å². The molecule has 0 radical (unpaired) electrons. The zero-order valence-corrected chi connectivity index (χ0v) is 28.3. The first kappa shape index (κ1) is 40.4. The Morgan fingerprint density at radius 1 is 0.840 bits per heavy atom. The molecule has 1 unspecified atom stereocenters. The minimum Gasteiger partial charge on any atom is -0.445 e. The van der Waals surface area contributed by atoms with Gasteiger partial charge in [0.2, 0.25) is 5.91 Å². The van der Waals surface area contributed by atoms with E-state index < -0.39 is 53.6 Å². The number of aliphatic hydroxyl groups excluding tert-OH is 1. The Labute approximate surface area is 289 Å². The molecular weight excluding hydrogens is 661 g/mol. The van der Waals surface area contributed by atoms with E-state index in [4.69, 9.17) is 9.47 Å². The number of hydrogen-bond acceptors (Lipinski definition) is 6. The molecule has 3 rings (SSSR count). The van der Waals surface area contributed by atoms with Crippen molar-refractivity contribution in [1.29, 1.82) is 0 Å². The molecule has 274 valence electrons. The number of nitrogens with one attached hydrogen (secondary N) is 3. The molecule has 3 aromatic rings. The highest BCUT2D eigenvalue weighted by atomic mass is 19.4. The Morgan fingerprint density at radius 3 is 2.14 bits per heavy atom. The third-order valence-corrected chi connectivity index (χ3v) is 7.91. The molecule has 4 N–H and O–H groups in total. The van der Waals surface area contributed by atoms with Gasteiger partial charge in [-0.2, -0.15) is 13.2 Å². The van der Waals surface area contributed by atoms with Gasteiger partial charge >= 0.3 is 12.3 Å². The minimum absolute atomic E-state index is 0.0468. The van der Waals surface area contributed by atoms with E-state index in [0.717, 1.165) is 55.5 Å². The SMILES string of the molecule is CCCC(CCC)OCC(NC(=O)OCc1ccccc1)C(=O)N[C@@H](Cc1cc(F)cc(F)c1)[C@H](O)CNCCc1cccc(C(F)(F)F)c1. The maximum Gasteiger partial charge on any atom is 0.416 e. The summed E-state index contributed by atoms with van der Waals surface area (Å²) in [6, 6.07) is 14.4. The highest BCUT2D eigenvalue weighted by Gasteiger charge is 2.31. The molecule has 2 amide bonds. The van der Waals surface area contributed by atoms with Gasteiger partial charge in [-0.25, -0.2) is 13.6 Å². The van der Waals surface area contributed by atoms with Crippen molar-refractivity contribution in [3.63, 3.8) is 0 Å². The average molecular weight is 708 g/mol. The van der Waals surface area contributed by atoms with E-state index in [2.05, 4.69) is 16.0 Å². The first-order valence-electron chi connectivity index (χ1n) is 16.8. The maximum atomic E-state index is 14.1. The van der Waals surface area contributed by atoms with Crippen LogP contribution in [0, 0.1) is 11.6 Å². The van der Waals surface area contributed by atoms with Crippen molar-refractivity contribution < 1.29 is 46.1 Å². The van der Waals surface area contributed by atoms with E-state index in [9.17, 15) is 36.6 Å². The van der Waals surface area contributed by atoms with E-state index in [1.807, 2.05) is 19.9 Å². The molecule has 13 heteroatoms. The Morgan fingerprint density at radius 2 is 1.50 bits per heavy atom. The van der Waals surface area contributed by atoms with Crippen LogP contribution in [0.4, 0.5) is 26.7 Å². The minimum atomic E-state index is -4.48. The molecule has 3 atom stereocenters. The molecule has 0 fully saturated rings. The third kappa shape index (κ3) is 14.4. The van der Waals surface area contributed by atoms with E-state index in [-0.39, 0.29) is 50.8 Å². The molecule has 0 bridgehead atoms. The molecule has 0 aliphatic heterocycles. The molecule has 0 aliphatic carbocycles. The van der Waals surface area contributed by atoms with E-state index in [1.165, 1.54) is 6.07 Å². The summed E-state index contributed by atoms with van der Waals surface area (Å²) in [6.07, 6.45) is -3.65. The lowest BCUT2D eigenvalue weighted by molar-refractivity contribution is -0.137. The van der Waals surface area contributed by atoms with Crippen LogP contribution in [0.2, 0.25) is 0 Å². The highest BCUT2D eigenvalue weighted by Crippen LogP contribution is 2.29. The maximum absolute atomic E-state index is 14.1. The number of rotatable bonds is 20. The number of carbonyl (C=O) groups is 2. The second kappa shape index (κ2) is 20.6. The van der Waals surface area contributed by atoms with Gasteiger partial charge in [-0.15, -0.1) is 0 Å². The Bertz CT molecular complexity index is 1450. The zero-order valence-electron chi connectivity index (χ0n) is 28.3. The van der Waals surface area contributed by atoms with Gasteiger partial charge in [-0.3, -0.25) is 4.79 Å². The van der Waals surface area contributed by atoms with Gasteiger partial charge in [-0.05, 0) is 67.1 Å². The number of alkyl carbamates (subject to hydrolysis) is 1. The smallest absolute Gasteiger partial charge is 0.416 e. The lowest BCUT2D eigenvalue weighted by Crippen LogP contribution is -2.56. The molecule has 0 saturated heterocycles. The van der Waals surface area contributed by atoms with Crippen molar-refractivity contribution in [2.24, 2.45) is 0 Å². The van der Waals surface area contributed by atoms with Gasteiger partial charge in [0.25, 0.3) is 0 Å². The molecule has 0 aromatic heterocycles. The second-order valence-corrected chi connectivity index (χ2v) is 12.1. The topological polar surface area (TPSA) is 109 Å². The van der Waals surface area contributed by atoms with Crippen LogP contribution in [-0.2, 0) is 39.9 Å². The number of ether oxygens (including phenoxy) is 2. The number of hydrogen-bond donors (Lipinski definition) is 4. The largest absolute Gasteiger partial charge is 0.445 e. The summed E-state index contributed by atoms with van der Waals surface area (Å²) >= 11 is 0. The fourth-order valence-corrected chi connectivity index (χ4v) is 5.35. The van der Waals surface area contributed by atoms with Crippen molar-refractivity contribution in [2.45, 2.75) is 89.4 Å². The van der Waals surface area contributed by atoms with Crippen molar-refractivity contribution in [2.75, 3.05) is 19.7 Å². The van der Waals surface area contributed by atoms with Gasteiger partial charge < -0.3 is 30.5 Å². The first-order chi connectivity index (χ1) is 23.9. The lowest BCUT2D eigenvalue weighted by atomic mass is 10.00. The Balaban J connectivity index is 1.73. The summed E-state index contributed by atoms with van der Waals surface area (Å²) in [5.74, 6) is -2.41. The van der Waals surface area contributed by atoms with Crippen molar-refractivity contribution >= 4 is 12.0 Å². The fraction of sp³-hybridized carbons (Fsp3) is 0.459. The predicted octanol–water partition coefficient (Wildman–Crippen LogP) is 6.48. The van der Waals surface area contributed by atoms with Crippen LogP contribution < -0.4 is 16.0 Å². The molecule has 3 aromatic carbocycles. The van der Waals surface area contributed by atoms with Gasteiger partial charge in [0, 0.05) is 12.6 Å². The molecule has 0 saturated carbocycles. The molecule has 50 heavy (non-hydrogen) atoms. The van der Waals surface area contributed by atoms with Crippen LogP contribution in [0.3, 0.4) is 0 Å². The summed E-state index contributed by atoms with van der Waals surface area (Å²) in [7, 11) is 0. The van der Waals surface area contributed by atoms with Gasteiger partial charge in [0.15, 0.2) is 0 Å². The summed E-state index contributed by atoms with van der Waals surface area (Å²) in [4.78, 5) is 26.5.